The highest BCUT2D eigenvalue weighted by atomic mass is 15.2. The van der Waals surface area contributed by atoms with Gasteiger partial charge in [-0.1, -0.05) is 186 Å². The maximum atomic E-state index is 5.87. The van der Waals surface area contributed by atoms with E-state index in [-0.39, 0.29) is 0 Å². The fraction of sp³-hybridized carbons (Fsp3) is 0.0513. The predicted molar refractivity (Wildman–Crippen MR) is 356 cm³/mol. The molecule has 0 spiro atoms. The van der Waals surface area contributed by atoms with Crippen molar-refractivity contribution in [3.63, 3.8) is 0 Å². The molecule has 0 unspecified atom stereocenters. The number of hydrogen-bond donors (Lipinski definition) is 0. The normalized spacial score (nSPS) is 12.0. The minimum Gasteiger partial charge on any atom is -0.306 e. The Morgan fingerprint density at radius 2 is 0.547 bits per heavy atom. The van der Waals surface area contributed by atoms with E-state index in [0.717, 1.165) is 138 Å². The summed E-state index contributed by atoms with van der Waals surface area (Å²) in [4.78, 5) is 22.2. The second-order valence-electron chi connectivity index (χ2n) is 22.9. The molecule has 0 radical (unpaired) electrons. The van der Waals surface area contributed by atoms with Crippen LogP contribution in [-0.4, -0.2) is 38.2 Å². The second kappa shape index (κ2) is 19.2. The average Bonchev–Trinajstić information content (AvgIpc) is 1.41. The van der Waals surface area contributed by atoms with Crippen LogP contribution in [0.4, 0.5) is 0 Å². The summed E-state index contributed by atoms with van der Waals surface area (Å²) in [5.74, 6) is 1.62. The zero-order chi connectivity index (χ0) is 57.3. The minimum atomic E-state index is 0.504. The number of nitrogens with zero attached hydrogens (tertiary/aromatic N) is 8. The van der Waals surface area contributed by atoms with Gasteiger partial charge in [-0.25, -0.2) is 15.0 Å². The smallest absolute Gasteiger partial charge is 0.167 e. The van der Waals surface area contributed by atoms with Crippen molar-refractivity contribution in [3.05, 3.63) is 277 Å². The molecule has 0 saturated carbocycles. The third-order valence-corrected chi connectivity index (χ3v) is 17.5. The van der Waals surface area contributed by atoms with E-state index >= 15 is 0 Å². The number of pyridine rings is 1. The van der Waals surface area contributed by atoms with E-state index in [1.54, 1.807) is 0 Å². The molecule has 0 atom stereocenters. The van der Waals surface area contributed by atoms with E-state index in [1.165, 1.54) is 22.3 Å². The van der Waals surface area contributed by atoms with Gasteiger partial charge in [0, 0.05) is 77.7 Å². The monoisotopic (exact) mass is 1100 g/mol. The number of aromatic nitrogens is 8. The van der Waals surface area contributed by atoms with Crippen LogP contribution < -0.4 is 0 Å². The first-order valence-electron chi connectivity index (χ1n) is 29.4. The number of hydrogen-bond acceptors (Lipinski definition) is 4. The largest absolute Gasteiger partial charge is 0.306 e. The number of rotatable bonds is 8. The van der Waals surface area contributed by atoms with E-state index in [0.29, 0.717) is 17.5 Å². The summed E-state index contributed by atoms with van der Waals surface area (Å²) in [5.41, 5.74) is 21.2. The van der Waals surface area contributed by atoms with Crippen molar-refractivity contribution in [2.24, 2.45) is 0 Å². The first-order valence-corrected chi connectivity index (χ1v) is 29.4. The molecule has 0 fully saturated rings. The van der Waals surface area contributed by atoms with Crippen molar-refractivity contribution >= 4 is 87.2 Å². The molecule has 0 bridgehead atoms. The van der Waals surface area contributed by atoms with Gasteiger partial charge in [-0.3, -0.25) is 4.98 Å². The summed E-state index contributed by atoms with van der Waals surface area (Å²) in [7, 11) is 0. The highest BCUT2D eigenvalue weighted by Crippen LogP contribution is 2.54. The summed E-state index contributed by atoms with van der Waals surface area (Å²) in [6, 6.07) is 88.3. The van der Waals surface area contributed by atoms with Crippen molar-refractivity contribution < 1.29 is 0 Å². The third-order valence-electron chi connectivity index (χ3n) is 17.5. The molecule has 86 heavy (non-hydrogen) atoms. The van der Waals surface area contributed by atoms with Gasteiger partial charge in [0.2, 0.25) is 0 Å². The van der Waals surface area contributed by atoms with Crippen LogP contribution >= 0.6 is 0 Å². The summed E-state index contributed by atoms with van der Waals surface area (Å²) in [6.07, 6.45) is 3.90. The Morgan fingerprint density at radius 1 is 0.244 bits per heavy atom. The molecular weight excluding hydrogens is 1050 g/mol. The highest BCUT2D eigenvalue weighted by molar-refractivity contribution is 6.18. The number of para-hydroxylation sites is 4. The van der Waals surface area contributed by atoms with E-state index in [1.807, 2.05) is 24.5 Å². The number of benzene rings is 11. The first-order chi connectivity index (χ1) is 42.3. The molecule has 0 amide bonds. The molecule has 0 saturated heterocycles. The molecule has 8 nitrogen and oxygen atoms in total. The van der Waals surface area contributed by atoms with Gasteiger partial charge in [0.05, 0.1) is 72.4 Å². The van der Waals surface area contributed by atoms with Crippen molar-refractivity contribution in [1.82, 2.24) is 38.2 Å². The van der Waals surface area contributed by atoms with Gasteiger partial charge < -0.3 is 18.3 Å². The lowest BCUT2D eigenvalue weighted by Gasteiger charge is -2.31. The fourth-order valence-corrected chi connectivity index (χ4v) is 13.8. The minimum absolute atomic E-state index is 0.504. The zero-order valence-corrected chi connectivity index (χ0v) is 47.8. The van der Waals surface area contributed by atoms with Gasteiger partial charge in [0.15, 0.2) is 17.5 Å². The molecule has 11 aromatic carbocycles. The average molecular weight is 1100 g/mol. The van der Waals surface area contributed by atoms with Crippen molar-refractivity contribution in [2.75, 3.05) is 0 Å². The van der Waals surface area contributed by atoms with Crippen LogP contribution in [0.25, 0.3) is 155 Å². The molecule has 406 valence electrons. The van der Waals surface area contributed by atoms with E-state index in [9.17, 15) is 0 Å². The predicted octanol–water partition coefficient (Wildman–Crippen LogP) is 19.6. The molecule has 0 aliphatic heterocycles. The molecule has 17 aromatic rings. The lowest BCUT2D eigenvalue weighted by molar-refractivity contribution is 1.01. The van der Waals surface area contributed by atoms with Gasteiger partial charge >= 0.3 is 0 Å². The third kappa shape index (κ3) is 7.42. The van der Waals surface area contributed by atoms with E-state index < -0.39 is 0 Å². The topological polar surface area (TPSA) is 71.3 Å². The van der Waals surface area contributed by atoms with Crippen LogP contribution in [0.2, 0.25) is 0 Å². The molecule has 0 aliphatic carbocycles. The summed E-state index contributed by atoms with van der Waals surface area (Å²) >= 11 is 0. The molecule has 0 N–H and O–H groups in total. The zero-order valence-electron chi connectivity index (χ0n) is 47.8. The Bertz CT molecular complexity index is 5570. The van der Waals surface area contributed by atoms with Crippen LogP contribution in [0, 0.1) is 27.7 Å². The number of fused-ring (bicyclic) bond motifs is 12. The highest BCUT2D eigenvalue weighted by Gasteiger charge is 2.37. The van der Waals surface area contributed by atoms with Crippen molar-refractivity contribution in [1.29, 1.82) is 0 Å². The Balaban J connectivity index is 1.26. The maximum Gasteiger partial charge on any atom is 0.167 e. The van der Waals surface area contributed by atoms with E-state index in [4.69, 9.17) is 19.9 Å². The lowest BCUT2D eigenvalue weighted by atomic mass is 9.92. The lowest BCUT2D eigenvalue weighted by Crippen LogP contribution is -2.17. The fourth-order valence-electron chi connectivity index (χ4n) is 13.8. The van der Waals surface area contributed by atoms with Crippen LogP contribution in [0.5, 0.6) is 0 Å². The quantitative estimate of drug-likeness (QED) is 0.152. The van der Waals surface area contributed by atoms with Gasteiger partial charge in [-0.2, -0.15) is 0 Å². The molecule has 8 heteroatoms. The van der Waals surface area contributed by atoms with Gasteiger partial charge in [-0.15, -0.1) is 0 Å². The van der Waals surface area contributed by atoms with Gasteiger partial charge in [0.1, 0.15) is 0 Å². The van der Waals surface area contributed by atoms with Crippen LogP contribution in [-0.2, 0) is 0 Å². The molecular formula is C78H54N8. The van der Waals surface area contributed by atoms with E-state index in [2.05, 4.69) is 276 Å². The molecule has 0 aliphatic rings. The van der Waals surface area contributed by atoms with Crippen molar-refractivity contribution in [2.45, 2.75) is 27.7 Å². The standard InChI is InChI=1S/C78H54N8/c1-47-33-37-66-58(42-47)54-25-11-15-29-62(54)83(66)72-70(53-24-19-41-79-46-53)71(78-81-76(51-20-7-5-8-21-51)80-77(82-78)52-22-9-6-10-23-52)73(84-63-30-16-12-26-55(63)59-43-48(2)34-38-67(59)84)75(86-65-32-18-14-28-57(65)61-45-50(4)36-40-69(61)86)74(72)85-64-31-17-13-27-56(64)60-44-49(3)35-39-68(60)85/h5-46H,1-4H3. The van der Waals surface area contributed by atoms with Crippen LogP contribution in [0.15, 0.2) is 255 Å². The molecule has 6 heterocycles. The summed E-state index contributed by atoms with van der Waals surface area (Å²) in [6.45, 7) is 8.77. The Kier molecular flexibility index (Phi) is 11.0. The van der Waals surface area contributed by atoms with Crippen molar-refractivity contribution in [3.8, 4) is 68.0 Å². The maximum absolute atomic E-state index is 5.87. The van der Waals surface area contributed by atoms with Crippen LogP contribution in [0.3, 0.4) is 0 Å². The summed E-state index contributed by atoms with van der Waals surface area (Å²) < 4.78 is 10.2. The second-order valence-corrected chi connectivity index (χ2v) is 22.9. The van der Waals surface area contributed by atoms with Gasteiger partial charge in [-0.05, 0) is 107 Å². The molecule has 6 aromatic heterocycles. The SMILES string of the molecule is Cc1ccc2c(c1)c1ccccc1n2-c1c(-c2cccnc2)c(-c2nc(-c3ccccc3)nc(-c3ccccc3)n2)c(-n2c3ccccc3c3cc(C)ccc32)c(-n2c3ccccc3c3cc(C)ccc32)c1-n1c2ccccc2c2cc(C)ccc21. The first kappa shape index (κ1) is 49.4. The Hall–Kier alpha value is -11.2. The Morgan fingerprint density at radius 3 is 0.907 bits per heavy atom. The van der Waals surface area contributed by atoms with Gasteiger partial charge in [0.25, 0.3) is 0 Å². The Labute approximate surface area is 495 Å². The van der Waals surface area contributed by atoms with Crippen LogP contribution in [0.1, 0.15) is 22.3 Å². The molecule has 17 rings (SSSR count). The number of aryl methyl sites for hydroxylation is 4. The summed E-state index contributed by atoms with van der Waals surface area (Å²) in [5, 5.41) is 9.16.